The van der Waals surface area contributed by atoms with E-state index in [1.54, 1.807) is 0 Å². The van der Waals surface area contributed by atoms with Crippen LogP contribution in [0.2, 0.25) is 5.15 Å². The molecule has 2 rings (SSSR count). The lowest BCUT2D eigenvalue weighted by Gasteiger charge is -2.12. The van der Waals surface area contributed by atoms with Crippen molar-refractivity contribution in [3.63, 3.8) is 0 Å². The van der Waals surface area contributed by atoms with Crippen LogP contribution in [-0.4, -0.2) is 19.4 Å². The van der Waals surface area contributed by atoms with E-state index in [-0.39, 0.29) is 16.1 Å². The van der Waals surface area contributed by atoms with E-state index < -0.39 is 10.0 Å². The van der Waals surface area contributed by atoms with Crippen LogP contribution in [0.25, 0.3) is 0 Å². The van der Waals surface area contributed by atoms with Gasteiger partial charge in [0.15, 0.2) is 0 Å². The quantitative estimate of drug-likeness (QED) is 0.840. The maximum atomic E-state index is 11.9. The number of pyridine rings is 1. The van der Waals surface area contributed by atoms with Crippen LogP contribution in [0.15, 0.2) is 23.2 Å². The van der Waals surface area contributed by atoms with Crippen molar-refractivity contribution in [2.45, 2.75) is 30.7 Å². The molecule has 1 fully saturated rings. The Bertz CT molecular complexity index is 468. The predicted octanol–water partition coefficient (Wildman–Crippen LogP) is 1.81. The monoisotopic (exact) mass is 260 g/mol. The Labute approximate surface area is 100 Å². The lowest BCUT2D eigenvalue weighted by Crippen LogP contribution is -2.34. The number of hydrogen-bond donors (Lipinski definition) is 1. The van der Waals surface area contributed by atoms with Gasteiger partial charge >= 0.3 is 0 Å². The van der Waals surface area contributed by atoms with Crippen LogP contribution in [0.3, 0.4) is 0 Å². The van der Waals surface area contributed by atoms with Gasteiger partial charge in [0.2, 0.25) is 10.0 Å². The third-order valence-electron chi connectivity index (χ3n) is 2.68. The first-order chi connectivity index (χ1) is 7.49. The lowest BCUT2D eigenvalue weighted by atomic mass is 10.2. The fourth-order valence-electron chi connectivity index (χ4n) is 1.53. The molecule has 0 radical (unpaired) electrons. The first-order valence-corrected chi connectivity index (χ1v) is 6.99. The SMILES string of the molecule is C[C@H](NS(=O)(=O)c1ccc(Cl)nc1)C1CC1. The molecule has 6 heteroatoms. The van der Waals surface area contributed by atoms with Crippen LogP contribution in [0, 0.1) is 5.92 Å². The van der Waals surface area contributed by atoms with E-state index in [0.717, 1.165) is 12.8 Å². The van der Waals surface area contributed by atoms with E-state index in [4.69, 9.17) is 11.6 Å². The second-order valence-electron chi connectivity index (χ2n) is 4.06. The Kier molecular flexibility index (Phi) is 3.19. The summed E-state index contributed by atoms with van der Waals surface area (Å²) in [6.07, 6.45) is 3.47. The predicted molar refractivity (Wildman–Crippen MR) is 61.8 cm³/mol. The zero-order valence-electron chi connectivity index (χ0n) is 8.85. The third-order valence-corrected chi connectivity index (χ3v) is 4.45. The summed E-state index contributed by atoms with van der Waals surface area (Å²) in [5.41, 5.74) is 0. The van der Waals surface area contributed by atoms with Crippen molar-refractivity contribution in [2.75, 3.05) is 0 Å². The zero-order chi connectivity index (χ0) is 11.8. The molecular weight excluding hydrogens is 248 g/mol. The molecular formula is C10H13ClN2O2S. The Morgan fingerprint density at radius 3 is 2.69 bits per heavy atom. The van der Waals surface area contributed by atoms with E-state index in [1.165, 1.54) is 18.3 Å². The van der Waals surface area contributed by atoms with E-state index in [1.807, 2.05) is 6.92 Å². The van der Waals surface area contributed by atoms with Crippen LogP contribution in [0.5, 0.6) is 0 Å². The highest BCUT2D eigenvalue weighted by Crippen LogP contribution is 2.32. The summed E-state index contributed by atoms with van der Waals surface area (Å²) in [6.45, 7) is 1.89. The molecule has 1 saturated carbocycles. The summed E-state index contributed by atoms with van der Waals surface area (Å²) in [5.74, 6) is 0.482. The molecule has 1 aliphatic carbocycles. The van der Waals surface area contributed by atoms with Crippen molar-refractivity contribution in [1.82, 2.24) is 9.71 Å². The summed E-state index contributed by atoms with van der Waals surface area (Å²) in [4.78, 5) is 3.92. The van der Waals surface area contributed by atoms with Crippen molar-refractivity contribution in [1.29, 1.82) is 0 Å². The molecule has 0 spiro atoms. The zero-order valence-corrected chi connectivity index (χ0v) is 10.4. The van der Waals surface area contributed by atoms with E-state index in [2.05, 4.69) is 9.71 Å². The van der Waals surface area contributed by atoms with Crippen LogP contribution in [0.1, 0.15) is 19.8 Å². The lowest BCUT2D eigenvalue weighted by molar-refractivity contribution is 0.538. The maximum absolute atomic E-state index is 11.9. The van der Waals surface area contributed by atoms with E-state index >= 15 is 0 Å². The molecule has 1 N–H and O–H groups in total. The average molecular weight is 261 g/mol. The van der Waals surface area contributed by atoms with E-state index in [9.17, 15) is 8.42 Å². The van der Waals surface area contributed by atoms with Gasteiger partial charge in [-0.05, 0) is 37.8 Å². The molecule has 88 valence electrons. The number of sulfonamides is 1. The number of nitrogens with one attached hydrogen (secondary N) is 1. The highest BCUT2D eigenvalue weighted by Gasteiger charge is 2.31. The maximum Gasteiger partial charge on any atom is 0.242 e. The van der Waals surface area contributed by atoms with Gasteiger partial charge in [-0.1, -0.05) is 11.6 Å². The number of aromatic nitrogens is 1. The molecule has 0 amide bonds. The summed E-state index contributed by atoms with van der Waals surface area (Å²) >= 11 is 5.60. The Morgan fingerprint density at radius 2 is 2.19 bits per heavy atom. The summed E-state index contributed by atoms with van der Waals surface area (Å²) in [7, 11) is -3.45. The molecule has 16 heavy (non-hydrogen) atoms. The average Bonchev–Trinajstić information content (AvgIpc) is 3.00. The van der Waals surface area contributed by atoms with Gasteiger partial charge in [0, 0.05) is 12.2 Å². The molecule has 0 saturated heterocycles. The summed E-state index contributed by atoms with van der Waals surface area (Å²) in [5, 5.41) is 0.286. The summed E-state index contributed by atoms with van der Waals surface area (Å²) in [6, 6.07) is 2.91. The fraction of sp³-hybridized carbons (Fsp3) is 0.500. The Balaban J connectivity index is 2.14. The second-order valence-corrected chi connectivity index (χ2v) is 6.17. The standard InChI is InChI=1S/C10H13ClN2O2S/c1-7(8-2-3-8)13-16(14,15)9-4-5-10(11)12-6-9/h4-8,13H,2-3H2,1H3/t7-/m0/s1. The van der Waals surface area contributed by atoms with Gasteiger partial charge in [-0.25, -0.2) is 18.1 Å². The van der Waals surface area contributed by atoms with Gasteiger partial charge in [0.1, 0.15) is 10.0 Å². The first kappa shape index (κ1) is 11.8. The number of nitrogens with zero attached hydrogens (tertiary/aromatic N) is 1. The first-order valence-electron chi connectivity index (χ1n) is 5.13. The van der Waals surface area contributed by atoms with Crippen LogP contribution < -0.4 is 4.72 Å². The molecule has 0 unspecified atom stereocenters. The van der Waals surface area contributed by atoms with Gasteiger partial charge < -0.3 is 0 Å². The molecule has 0 aromatic carbocycles. The van der Waals surface area contributed by atoms with Gasteiger partial charge in [0.25, 0.3) is 0 Å². The Hall–Kier alpha value is -0.650. The molecule has 1 aliphatic rings. The highest BCUT2D eigenvalue weighted by atomic mass is 35.5. The normalized spacial score (nSPS) is 18.4. The van der Waals surface area contributed by atoms with Crippen LogP contribution >= 0.6 is 11.6 Å². The van der Waals surface area contributed by atoms with Crippen molar-refractivity contribution in [3.05, 3.63) is 23.5 Å². The minimum Gasteiger partial charge on any atom is -0.243 e. The number of halogens is 1. The molecule has 1 heterocycles. The molecule has 4 nitrogen and oxygen atoms in total. The molecule has 1 atom stereocenters. The van der Waals surface area contributed by atoms with Crippen LogP contribution in [0.4, 0.5) is 0 Å². The van der Waals surface area contributed by atoms with Gasteiger partial charge in [-0.2, -0.15) is 0 Å². The van der Waals surface area contributed by atoms with Gasteiger partial charge in [0.05, 0.1) is 0 Å². The fourth-order valence-corrected chi connectivity index (χ4v) is 2.89. The van der Waals surface area contributed by atoms with E-state index in [0.29, 0.717) is 5.92 Å². The van der Waals surface area contributed by atoms with Crippen molar-refractivity contribution >= 4 is 21.6 Å². The number of rotatable bonds is 4. The topological polar surface area (TPSA) is 59.1 Å². The molecule has 0 bridgehead atoms. The molecule has 0 aliphatic heterocycles. The van der Waals surface area contributed by atoms with Crippen molar-refractivity contribution < 1.29 is 8.42 Å². The van der Waals surface area contributed by atoms with Crippen LogP contribution in [-0.2, 0) is 10.0 Å². The van der Waals surface area contributed by atoms with Crippen molar-refractivity contribution in [3.8, 4) is 0 Å². The van der Waals surface area contributed by atoms with Gasteiger partial charge in [-0.15, -0.1) is 0 Å². The smallest absolute Gasteiger partial charge is 0.242 e. The minimum atomic E-state index is -3.45. The third kappa shape index (κ3) is 2.72. The highest BCUT2D eigenvalue weighted by molar-refractivity contribution is 7.89. The molecule has 1 aromatic heterocycles. The molecule has 1 aromatic rings. The Morgan fingerprint density at radius 1 is 1.50 bits per heavy atom. The largest absolute Gasteiger partial charge is 0.243 e. The summed E-state index contributed by atoms with van der Waals surface area (Å²) < 4.78 is 26.4. The van der Waals surface area contributed by atoms with Gasteiger partial charge in [-0.3, -0.25) is 0 Å². The second kappa shape index (κ2) is 4.31. The minimum absolute atomic E-state index is 0.0133. The number of hydrogen-bond acceptors (Lipinski definition) is 3. The van der Waals surface area contributed by atoms with Crippen molar-refractivity contribution in [2.24, 2.45) is 5.92 Å².